The molecule has 104 valence electrons. The van der Waals surface area contributed by atoms with Crippen LogP contribution >= 0.6 is 0 Å². The molecule has 0 fully saturated rings. The summed E-state index contributed by atoms with van der Waals surface area (Å²) in [6.45, 7) is 1.80. The number of amides is 2. The minimum Gasteiger partial charge on any atom is -0.476 e. The maximum absolute atomic E-state index is 12.4. The van der Waals surface area contributed by atoms with E-state index in [9.17, 15) is 14.4 Å². The molecular formula is C14H9N3O4. The lowest BCUT2D eigenvalue weighted by Gasteiger charge is -2.13. The number of carboxylic acids is 1. The molecule has 0 saturated heterocycles. The second kappa shape index (κ2) is 4.48. The number of fused-ring (bicyclic) bond motifs is 1. The zero-order valence-corrected chi connectivity index (χ0v) is 10.9. The van der Waals surface area contributed by atoms with E-state index in [1.165, 1.54) is 12.4 Å². The van der Waals surface area contributed by atoms with Gasteiger partial charge in [-0.25, -0.2) is 19.7 Å². The third-order valence-electron chi connectivity index (χ3n) is 3.14. The molecule has 7 heteroatoms. The molecule has 0 unspecified atom stereocenters. The summed E-state index contributed by atoms with van der Waals surface area (Å²) in [7, 11) is 0. The molecule has 1 N–H and O–H groups in total. The van der Waals surface area contributed by atoms with Crippen molar-refractivity contribution in [3.8, 4) is 0 Å². The molecule has 1 aromatic heterocycles. The highest BCUT2D eigenvalue weighted by atomic mass is 16.4. The highest BCUT2D eigenvalue weighted by Gasteiger charge is 2.39. The van der Waals surface area contributed by atoms with Crippen LogP contribution in [0, 0.1) is 6.92 Å². The SMILES string of the molecule is Cc1ccc2c(c1)C(=O)N(c1nccnc1C(=O)O)C2=O. The third-order valence-corrected chi connectivity index (χ3v) is 3.14. The van der Waals surface area contributed by atoms with Crippen LogP contribution < -0.4 is 4.90 Å². The van der Waals surface area contributed by atoms with Gasteiger partial charge in [-0.2, -0.15) is 0 Å². The number of aromatic carboxylic acids is 1. The molecule has 2 aromatic rings. The van der Waals surface area contributed by atoms with Gasteiger partial charge >= 0.3 is 5.97 Å². The summed E-state index contributed by atoms with van der Waals surface area (Å²) >= 11 is 0. The summed E-state index contributed by atoms with van der Waals surface area (Å²) in [6.07, 6.45) is 2.42. The Morgan fingerprint density at radius 3 is 2.48 bits per heavy atom. The van der Waals surface area contributed by atoms with E-state index >= 15 is 0 Å². The third kappa shape index (κ3) is 1.86. The Labute approximate surface area is 118 Å². The van der Waals surface area contributed by atoms with E-state index in [1.54, 1.807) is 25.1 Å². The minimum absolute atomic E-state index is 0.229. The maximum Gasteiger partial charge on any atom is 0.358 e. The Morgan fingerprint density at radius 2 is 1.76 bits per heavy atom. The van der Waals surface area contributed by atoms with E-state index in [4.69, 9.17) is 5.11 Å². The highest BCUT2D eigenvalue weighted by molar-refractivity contribution is 6.34. The van der Waals surface area contributed by atoms with E-state index in [0.29, 0.717) is 0 Å². The van der Waals surface area contributed by atoms with Crippen molar-refractivity contribution in [3.63, 3.8) is 0 Å². The van der Waals surface area contributed by atoms with Gasteiger partial charge in [0, 0.05) is 12.4 Å². The summed E-state index contributed by atoms with van der Waals surface area (Å²) in [6, 6.07) is 4.84. The number of hydrogen-bond donors (Lipinski definition) is 1. The molecule has 0 spiro atoms. The van der Waals surface area contributed by atoms with E-state index in [-0.39, 0.29) is 16.9 Å². The zero-order valence-electron chi connectivity index (χ0n) is 10.9. The second-order valence-electron chi connectivity index (χ2n) is 4.53. The number of aromatic nitrogens is 2. The van der Waals surface area contributed by atoms with Gasteiger partial charge in [-0.05, 0) is 19.1 Å². The normalized spacial score (nSPS) is 13.5. The van der Waals surface area contributed by atoms with Crippen LogP contribution in [0.3, 0.4) is 0 Å². The largest absolute Gasteiger partial charge is 0.476 e. The summed E-state index contributed by atoms with van der Waals surface area (Å²) in [5.74, 6) is -2.82. The summed E-state index contributed by atoms with van der Waals surface area (Å²) < 4.78 is 0. The van der Waals surface area contributed by atoms with E-state index in [0.717, 1.165) is 10.5 Å². The van der Waals surface area contributed by atoms with Gasteiger partial charge in [0.1, 0.15) is 0 Å². The zero-order chi connectivity index (χ0) is 15.1. The molecule has 1 aliphatic rings. The van der Waals surface area contributed by atoms with Crippen molar-refractivity contribution in [1.82, 2.24) is 9.97 Å². The molecule has 2 amide bonds. The summed E-state index contributed by atoms with van der Waals surface area (Å²) in [5, 5.41) is 9.11. The number of benzene rings is 1. The highest BCUT2D eigenvalue weighted by Crippen LogP contribution is 2.29. The van der Waals surface area contributed by atoms with Crippen LogP contribution in [0.25, 0.3) is 0 Å². The number of anilines is 1. The van der Waals surface area contributed by atoms with Crippen LogP contribution in [0.2, 0.25) is 0 Å². The Hall–Kier alpha value is -3.09. The van der Waals surface area contributed by atoms with Gasteiger partial charge in [0.25, 0.3) is 11.8 Å². The number of carbonyl (C=O) groups is 3. The van der Waals surface area contributed by atoms with Crippen molar-refractivity contribution < 1.29 is 19.5 Å². The van der Waals surface area contributed by atoms with Gasteiger partial charge in [0.15, 0.2) is 11.5 Å². The molecule has 0 radical (unpaired) electrons. The molecule has 0 saturated carbocycles. The summed E-state index contributed by atoms with van der Waals surface area (Å²) in [4.78, 5) is 44.1. The first-order chi connectivity index (χ1) is 10.0. The fraction of sp³-hybridized carbons (Fsp3) is 0.0714. The van der Waals surface area contributed by atoms with Crippen LogP contribution in [-0.4, -0.2) is 32.9 Å². The van der Waals surface area contributed by atoms with Crippen LogP contribution in [0.4, 0.5) is 5.82 Å². The number of carboxylic acid groups (broad SMARTS) is 1. The van der Waals surface area contributed by atoms with Crippen molar-refractivity contribution in [2.45, 2.75) is 6.92 Å². The summed E-state index contributed by atoms with van der Waals surface area (Å²) in [5.41, 5.74) is 0.854. The molecule has 21 heavy (non-hydrogen) atoms. The smallest absolute Gasteiger partial charge is 0.358 e. The number of rotatable bonds is 2. The predicted octanol–water partition coefficient (Wildman–Crippen LogP) is 1.28. The molecule has 0 bridgehead atoms. The molecule has 1 aromatic carbocycles. The van der Waals surface area contributed by atoms with Gasteiger partial charge in [0.05, 0.1) is 11.1 Å². The van der Waals surface area contributed by atoms with Gasteiger partial charge in [-0.1, -0.05) is 11.6 Å². The maximum atomic E-state index is 12.4. The fourth-order valence-corrected chi connectivity index (χ4v) is 2.19. The fourth-order valence-electron chi connectivity index (χ4n) is 2.19. The average molecular weight is 283 g/mol. The van der Waals surface area contributed by atoms with E-state index in [2.05, 4.69) is 9.97 Å². The first kappa shape index (κ1) is 12.9. The first-order valence-electron chi connectivity index (χ1n) is 6.04. The van der Waals surface area contributed by atoms with Crippen LogP contribution in [0.1, 0.15) is 36.8 Å². The van der Waals surface area contributed by atoms with Crippen LogP contribution in [0.5, 0.6) is 0 Å². The lowest BCUT2D eigenvalue weighted by Crippen LogP contribution is -2.32. The average Bonchev–Trinajstić information content (AvgIpc) is 2.70. The number of aryl methyl sites for hydroxylation is 1. The number of hydrogen-bond acceptors (Lipinski definition) is 5. The molecule has 7 nitrogen and oxygen atoms in total. The lowest BCUT2D eigenvalue weighted by atomic mass is 10.1. The van der Waals surface area contributed by atoms with Gasteiger partial charge in [0.2, 0.25) is 0 Å². The quantitative estimate of drug-likeness (QED) is 0.833. The van der Waals surface area contributed by atoms with Crippen molar-refractivity contribution in [2.75, 3.05) is 4.90 Å². The minimum atomic E-state index is -1.36. The van der Waals surface area contributed by atoms with E-state index < -0.39 is 23.5 Å². The van der Waals surface area contributed by atoms with E-state index in [1.807, 2.05) is 0 Å². The molecule has 1 aliphatic heterocycles. The van der Waals surface area contributed by atoms with Crippen molar-refractivity contribution in [1.29, 1.82) is 0 Å². The Morgan fingerprint density at radius 1 is 1.10 bits per heavy atom. The predicted molar refractivity (Wildman–Crippen MR) is 71.3 cm³/mol. The Kier molecular flexibility index (Phi) is 2.76. The molecular weight excluding hydrogens is 274 g/mol. The topological polar surface area (TPSA) is 100 Å². The van der Waals surface area contributed by atoms with Crippen LogP contribution in [-0.2, 0) is 0 Å². The van der Waals surface area contributed by atoms with Crippen molar-refractivity contribution >= 4 is 23.6 Å². The van der Waals surface area contributed by atoms with Gasteiger partial charge < -0.3 is 5.11 Å². The van der Waals surface area contributed by atoms with Gasteiger partial charge in [-0.3, -0.25) is 9.59 Å². The lowest BCUT2D eigenvalue weighted by molar-refractivity contribution is 0.0691. The monoisotopic (exact) mass is 283 g/mol. The first-order valence-corrected chi connectivity index (χ1v) is 6.04. The second-order valence-corrected chi connectivity index (χ2v) is 4.53. The molecule has 0 aliphatic carbocycles. The van der Waals surface area contributed by atoms with Gasteiger partial charge in [-0.15, -0.1) is 0 Å². The van der Waals surface area contributed by atoms with Crippen LogP contribution in [0.15, 0.2) is 30.6 Å². The molecule has 2 heterocycles. The van der Waals surface area contributed by atoms with Crippen molar-refractivity contribution in [3.05, 3.63) is 53.0 Å². The number of imide groups is 1. The standard InChI is InChI=1S/C14H9N3O4/c1-7-2-3-8-9(6-7)13(19)17(12(8)18)11-10(14(20)21)15-4-5-16-11/h2-6H,1H3,(H,20,21). The molecule has 3 rings (SSSR count). The Bertz CT molecular complexity index is 801. The van der Waals surface area contributed by atoms with Crippen molar-refractivity contribution in [2.24, 2.45) is 0 Å². The number of carbonyl (C=O) groups excluding carboxylic acids is 2. The number of nitrogens with zero attached hydrogens (tertiary/aromatic N) is 3. The Balaban J connectivity index is 2.17. The molecule has 0 atom stereocenters.